The van der Waals surface area contributed by atoms with E-state index >= 15 is 0 Å². The van der Waals surface area contributed by atoms with Crippen molar-refractivity contribution in [1.82, 2.24) is 15.6 Å². The Morgan fingerprint density at radius 3 is 2.32 bits per heavy atom. The van der Waals surface area contributed by atoms with Crippen molar-refractivity contribution in [2.24, 2.45) is 5.10 Å². The molecule has 6 nitrogen and oxygen atoms in total. The van der Waals surface area contributed by atoms with Crippen LogP contribution >= 0.6 is 0 Å². The van der Waals surface area contributed by atoms with Gasteiger partial charge in [0.05, 0.1) is 12.3 Å². The highest BCUT2D eigenvalue weighted by Gasteiger charge is 2.23. The maximum atomic E-state index is 12.8. The summed E-state index contributed by atoms with van der Waals surface area (Å²) in [4.78, 5) is 27.0. The molecule has 31 heavy (non-hydrogen) atoms. The Balaban J connectivity index is 1.81. The largest absolute Gasteiger partial charge is 0.352 e. The van der Waals surface area contributed by atoms with Crippen LogP contribution in [-0.2, 0) is 4.79 Å². The standard InChI is InChI=1S/C25H34N4O2/c1-4-29(5-2)23(25(31)28-27-19-21-16-14-20(3)15-17-21)13-9-10-18-26-24(30)22-11-7-6-8-12-22/h6-8,11-12,14-17,19,23H,4-5,9-10,13,18H2,1-3H3,(H,26,30)(H,28,31). The van der Waals surface area contributed by atoms with E-state index < -0.39 is 0 Å². The summed E-state index contributed by atoms with van der Waals surface area (Å²) in [5.74, 6) is -0.163. The summed E-state index contributed by atoms with van der Waals surface area (Å²) in [7, 11) is 0. The van der Waals surface area contributed by atoms with Crippen molar-refractivity contribution in [3.8, 4) is 0 Å². The number of hydrazone groups is 1. The van der Waals surface area contributed by atoms with Crippen LogP contribution in [0.25, 0.3) is 0 Å². The lowest BCUT2D eigenvalue weighted by molar-refractivity contribution is -0.126. The quantitative estimate of drug-likeness (QED) is 0.311. The highest BCUT2D eigenvalue weighted by atomic mass is 16.2. The van der Waals surface area contributed by atoms with Gasteiger partial charge in [-0.2, -0.15) is 5.10 Å². The number of unbranched alkanes of at least 4 members (excludes halogenated alkanes) is 1. The zero-order valence-corrected chi connectivity index (χ0v) is 18.8. The maximum absolute atomic E-state index is 12.8. The molecule has 2 aromatic carbocycles. The molecule has 0 radical (unpaired) electrons. The van der Waals surface area contributed by atoms with Crippen molar-refractivity contribution in [1.29, 1.82) is 0 Å². The third kappa shape index (κ3) is 8.34. The predicted molar refractivity (Wildman–Crippen MR) is 126 cm³/mol. The minimum Gasteiger partial charge on any atom is -0.352 e. The van der Waals surface area contributed by atoms with Crippen molar-refractivity contribution in [2.45, 2.75) is 46.1 Å². The Labute approximate surface area is 185 Å². The number of hydrogen-bond donors (Lipinski definition) is 2. The maximum Gasteiger partial charge on any atom is 0.257 e. The molecule has 0 aliphatic heterocycles. The van der Waals surface area contributed by atoms with Crippen LogP contribution in [0, 0.1) is 6.92 Å². The third-order valence-corrected chi connectivity index (χ3v) is 5.25. The summed E-state index contributed by atoms with van der Waals surface area (Å²) in [5, 5.41) is 7.07. The lowest BCUT2D eigenvalue weighted by atomic mass is 10.1. The van der Waals surface area contributed by atoms with Crippen LogP contribution in [-0.4, -0.2) is 48.6 Å². The van der Waals surface area contributed by atoms with E-state index in [9.17, 15) is 9.59 Å². The molecule has 1 atom stereocenters. The fourth-order valence-electron chi connectivity index (χ4n) is 3.40. The normalized spacial score (nSPS) is 12.1. The molecule has 2 aromatic rings. The van der Waals surface area contributed by atoms with Crippen LogP contribution < -0.4 is 10.7 Å². The van der Waals surface area contributed by atoms with Crippen LogP contribution in [0.5, 0.6) is 0 Å². The summed E-state index contributed by atoms with van der Waals surface area (Å²) in [6.07, 6.45) is 4.03. The number of amides is 2. The molecule has 166 valence electrons. The van der Waals surface area contributed by atoms with Crippen LogP contribution in [0.4, 0.5) is 0 Å². The van der Waals surface area contributed by atoms with Crippen molar-refractivity contribution < 1.29 is 9.59 Å². The molecule has 0 fully saturated rings. The molecular formula is C25H34N4O2. The summed E-state index contributed by atoms with van der Waals surface area (Å²) in [5.41, 5.74) is 5.48. The second-order valence-corrected chi connectivity index (χ2v) is 7.50. The Kier molecular flexibility index (Phi) is 10.4. The molecule has 0 aliphatic rings. The van der Waals surface area contributed by atoms with Gasteiger partial charge in [0.25, 0.3) is 11.8 Å². The first-order valence-corrected chi connectivity index (χ1v) is 11.0. The van der Waals surface area contributed by atoms with E-state index in [1.54, 1.807) is 18.3 Å². The zero-order valence-electron chi connectivity index (χ0n) is 18.8. The van der Waals surface area contributed by atoms with Crippen molar-refractivity contribution in [2.75, 3.05) is 19.6 Å². The molecule has 1 unspecified atom stereocenters. The number of benzene rings is 2. The van der Waals surface area contributed by atoms with Crippen LogP contribution in [0.1, 0.15) is 54.6 Å². The van der Waals surface area contributed by atoms with Gasteiger partial charge >= 0.3 is 0 Å². The Hall–Kier alpha value is -2.99. The number of rotatable bonds is 12. The minimum absolute atomic E-state index is 0.0657. The number of aryl methyl sites for hydroxylation is 1. The molecule has 6 heteroatoms. The summed E-state index contributed by atoms with van der Waals surface area (Å²) < 4.78 is 0. The SMILES string of the molecule is CCN(CC)C(CCCCNC(=O)c1ccccc1)C(=O)NN=Cc1ccc(C)cc1. The molecule has 0 bridgehead atoms. The molecule has 0 aromatic heterocycles. The molecule has 0 aliphatic carbocycles. The first-order chi connectivity index (χ1) is 15.0. The lowest BCUT2D eigenvalue weighted by Gasteiger charge is -2.28. The van der Waals surface area contributed by atoms with E-state index in [1.165, 1.54) is 5.56 Å². The van der Waals surface area contributed by atoms with Gasteiger partial charge in [-0.25, -0.2) is 5.43 Å². The summed E-state index contributed by atoms with van der Waals surface area (Å²) in [6, 6.07) is 16.9. The molecule has 0 saturated carbocycles. The third-order valence-electron chi connectivity index (χ3n) is 5.25. The molecule has 0 saturated heterocycles. The zero-order chi connectivity index (χ0) is 22.5. The summed E-state index contributed by atoms with van der Waals surface area (Å²) in [6.45, 7) is 8.32. The number of nitrogens with one attached hydrogen (secondary N) is 2. The monoisotopic (exact) mass is 422 g/mol. The highest BCUT2D eigenvalue weighted by molar-refractivity contribution is 5.94. The van der Waals surface area contributed by atoms with Crippen molar-refractivity contribution >= 4 is 18.0 Å². The lowest BCUT2D eigenvalue weighted by Crippen LogP contribution is -2.45. The van der Waals surface area contributed by atoms with Gasteiger partial charge in [-0.3, -0.25) is 14.5 Å². The molecule has 0 heterocycles. The topological polar surface area (TPSA) is 73.8 Å². The smallest absolute Gasteiger partial charge is 0.257 e. The van der Waals surface area contributed by atoms with E-state index in [2.05, 4.69) is 34.6 Å². The second-order valence-electron chi connectivity index (χ2n) is 7.50. The van der Waals surface area contributed by atoms with Gasteiger partial charge < -0.3 is 5.32 Å². The van der Waals surface area contributed by atoms with Crippen LogP contribution in [0.15, 0.2) is 59.7 Å². The van der Waals surface area contributed by atoms with E-state index in [-0.39, 0.29) is 17.9 Å². The highest BCUT2D eigenvalue weighted by Crippen LogP contribution is 2.10. The Morgan fingerprint density at radius 2 is 1.68 bits per heavy atom. The van der Waals surface area contributed by atoms with Gasteiger partial charge in [0, 0.05) is 12.1 Å². The number of carbonyl (C=O) groups is 2. The molecule has 2 N–H and O–H groups in total. The summed E-state index contributed by atoms with van der Waals surface area (Å²) >= 11 is 0. The van der Waals surface area contributed by atoms with Crippen LogP contribution in [0.3, 0.4) is 0 Å². The fourth-order valence-corrected chi connectivity index (χ4v) is 3.40. The van der Waals surface area contributed by atoms with E-state index in [0.29, 0.717) is 12.1 Å². The predicted octanol–water partition coefficient (Wildman–Crippen LogP) is 3.76. The average Bonchev–Trinajstić information content (AvgIpc) is 2.80. The Morgan fingerprint density at radius 1 is 1.00 bits per heavy atom. The number of nitrogens with zero attached hydrogens (tertiary/aromatic N) is 2. The van der Waals surface area contributed by atoms with Gasteiger partial charge in [-0.05, 0) is 57.0 Å². The average molecular weight is 423 g/mol. The van der Waals surface area contributed by atoms with Gasteiger partial charge in [-0.1, -0.05) is 61.9 Å². The van der Waals surface area contributed by atoms with Crippen molar-refractivity contribution in [3.05, 3.63) is 71.3 Å². The first kappa shape index (κ1) is 24.3. The van der Waals surface area contributed by atoms with E-state index in [4.69, 9.17) is 0 Å². The molecule has 0 spiro atoms. The molecule has 2 amide bonds. The van der Waals surface area contributed by atoms with Gasteiger partial charge in [0.15, 0.2) is 0 Å². The van der Waals surface area contributed by atoms with Gasteiger partial charge in [0.2, 0.25) is 0 Å². The fraction of sp³-hybridized carbons (Fsp3) is 0.400. The molecular weight excluding hydrogens is 388 g/mol. The molecule has 2 rings (SSSR count). The van der Waals surface area contributed by atoms with Gasteiger partial charge in [-0.15, -0.1) is 0 Å². The first-order valence-electron chi connectivity index (χ1n) is 11.0. The number of carbonyl (C=O) groups excluding carboxylic acids is 2. The van der Waals surface area contributed by atoms with E-state index in [1.807, 2.05) is 49.4 Å². The number of likely N-dealkylation sites (N-methyl/N-ethyl adjacent to an activating group) is 1. The van der Waals surface area contributed by atoms with E-state index in [0.717, 1.165) is 37.9 Å². The van der Waals surface area contributed by atoms with Crippen LogP contribution in [0.2, 0.25) is 0 Å². The second kappa shape index (κ2) is 13.3. The van der Waals surface area contributed by atoms with Crippen molar-refractivity contribution in [3.63, 3.8) is 0 Å². The number of hydrogen-bond acceptors (Lipinski definition) is 4. The Bertz CT molecular complexity index is 830. The van der Waals surface area contributed by atoms with Gasteiger partial charge in [0.1, 0.15) is 0 Å². The minimum atomic E-state index is -0.241.